The quantitative estimate of drug-likeness (QED) is 0.823. The van der Waals surface area contributed by atoms with E-state index in [1.165, 1.54) is 12.1 Å². The van der Waals surface area contributed by atoms with E-state index in [9.17, 15) is 4.39 Å². The summed E-state index contributed by atoms with van der Waals surface area (Å²) >= 11 is 0. The van der Waals surface area contributed by atoms with Gasteiger partial charge in [-0.2, -0.15) is 5.26 Å². The molecule has 0 aliphatic carbocycles. The summed E-state index contributed by atoms with van der Waals surface area (Å²) in [6.07, 6.45) is 0.0993. The van der Waals surface area contributed by atoms with Crippen LogP contribution in [0.15, 0.2) is 18.2 Å². The van der Waals surface area contributed by atoms with Crippen LogP contribution < -0.4 is 5.32 Å². The monoisotopic (exact) mass is 236 g/mol. The highest BCUT2D eigenvalue weighted by Crippen LogP contribution is 2.09. The van der Waals surface area contributed by atoms with Crippen LogP contribution in [0, 0.1) is 17.1 Å². The van der Waals surface area contributed by atoms with Crippen molar-refractivity contribution in [3.05, 3.63) is 35.1 Å². The smallest absolute Gasteiger partial charge is 0.127 e. The Morgan fingerprint density at radius 2 is 2.29 bits per heavy atom. The van der Waals surface area contributed by atoms with Crippen LogP contribution in [-0.2, 0) is 11.3 Å². The molecule has 0 amide bonds. The largest absolute Gasteiger partial charge is 0.377 e. The van der Waals surface area contributed by atoms with Crippen LogP contribution >= 0.6 is 0 Å². The molecule has 0 aliphatic rings. The fourth-order valence-electron chi connectivity index (χ4n) is 1.53. The van der Waals surface area contributed by atoms with Gasteiger partial charge in [-0.25, -0.2) is 4.39 Å². The number of nitrogens with one attached hydrogen (secondary N) is 1. The van der Waals surface area contributed by atoms with Crippen molar-refractivity contribution in [3.63, 3.8) is 0 Å². The predicted octanol–water partition coefficient (Wildman–Crippen LogP) is 2.21. The van der Waals surface area contributed by atoms with Crippen LogP contribution in [0.25, 0.3) is 0 Å². The summed E-state index contributed by atoms with van der Waals surface area (Å²) in [7, 11) is 0. The maximum Gasteiger partial charge on any atom is 0.127 e. The number of benzene rings is 1. The van der Waals surface area contributed by atoms with Crippen molar-refractivity contribution < 1.29 is 9.13 Å². The van der Waals surface area contributed by atoms with Crippen LogP contribution in [0.3, 0.4) is 0 Å². The summed E-state index contributed by atoms with van der Waals surface area (Å²) in [5.74, 6) is -0.291. The zero-order valence-corrected chi connectivity index (χ0v) is 10.2. The number of rotatable bonds is 6. The lowest BCUT2D eigenvalue weighted by atomic mass is 10.1. The molecule has 0 aliphatic heterocycles. The average molecular weight is 236 g/mol. The number of halogens is 1. The molecule has 1 aromatic rings. The molecule has 0 aromatic heterocycles. The third kappa shape index (κ3) is 4.51. The highest BCUT2D eigenvalue weighted by Gasteiger charge is 2.05. The van der Waals surface area contributed by atoms with Crippen molar-refractivity contribution in [1.82, 2.24) is 5.32 Å². The minimum Gasteiger partial charge on any atom is -0.377 e. The van der Waals surface area contributed by atoms with Crippen molar-refractivity contribution in [2.45, 2.75) is 26.5 Å². The van der Waals surface area contributed by atoms with Crippen LogP contribution in [0.1, 0.15) is 25.0 Å². The van der Waals surface area contributed by atoms with E-state index in [1.54, 1.807) is 6.07 Å². The molecule has 0 heterocycles. The van der Waals surface area contributed by atoms with E-state index in [4.69, 9.17) is 10.00 Å². The Kier molecular flexibility index (Phi) is 5.61. The zero-order chi connectivity index (χ0) is 12.7. The van der Waals surface area contributed by atoms with Crippen molar-refractivity contribution in [3.8, 4) is 6.07 Å². The van der Waals surface area contributed by atoms with Crippen molar-refractivity contribution in [2.24, 2.45) is 0 Å². The number of ether oxygens (including phenoxy) is 1. The summed E-state index contributed by atoms with van der Waals surface area (Å²) in [6.45, 7) is 5.62. The number of hydrogen-bond acceptors (Lipinski definition) is 3. The van der Waals surface area contributed by atoms with E-state index in [2.05, 4.69) is 5.32 Å². The Morgan fingerprint density at radius 1 is 1.53 bits per heavy atom. The maximum absolute atomic E-state index is 13.4. The second-order valence-corrected chi connectivity index (χ2v) is 3.81. The first-order chi connectivity index (χ1) is 8.17. The molecule has 1 atom stereocenters. The van der Waals surface area contributed by atoms with Crippen molar-refractivity contribution in [2.75, 3.05) is 13.2 Å². The van der Waals surface area contributed by atoms with Gasteiger partial charge in [-0.1, -0.05) is 0 Å². The van der Waals surface area contributed by atoms with Gasteiger partial charge in [-0.05, 0) is 32.0 Å². The fraction of sp³-hybridized carbons (Fsp3) is 0.462. The van der Waals surface area contributed by atoms with E-state index in [1.807, 2.05) is 19.9 Å². The van der Waals surface area contributed by atoms with Gasteiger partial charge >= 0.3 is 0 Å². The normalized spacial score (nSPS) is 12.1. The average Bonchev–Trinajstić information content (AvgIpc) is 2.32. The molecule has 1 N–H and O–H groups in total. The van der Waals surface area contributed by atoms with Gasteiger partial charge in [-0.15, -0.1) is 0 Å². The standard InChI is InChI=1S/C13H17FN2O/c1-3-17-10(2)8-16-9-12-6-11(7-15)4-5-13(12)14/h4-6,10,16H,3,8-9H2,1-2H3. The summed E-state index contributed by atoms with van der Waals surface area (Å²) in [5, 5.41) is 11.8. The molecular formula is C13H17FN2O. The molecule has 0 spiro atoms. The summed E-state index contributed by atoms with van der Waals surface area (Å²) in [6, 6.07) is 6.35. The zero-order valence-electron chi connectivity index (χ0n) is 10.2. The van der Waals surface area contributed by atoms with Gasteiger partial charge in [0.1, 0.15) is 5.82 Å². The van der Waals surface area contributed by atoms with E-state index >= 15 is 0 Å². The lowest BCUT2D eigenvalue weighted by Gasteiger charge is -2.12. The highest BCUT2D eigenvalue weighted by molar-refractivity contribution is 5.33. The topological polar surface area (TPSA) is 45.0 Å². The molecule has 1 rings (SSSR count). The molecule has 17 heavy (non-hydrogen) atoms. The number of nitriles is 1. The summed E-state index contributed by atoms with van der Waals surface area (Å²) < 4.78 is 18.7. The Bertz CT molecular complexity index is 401. The first-order valence-electron chi connectivity index (χ1n) is 5.68. The Balaban J connectivity index is 2.49. The van der Waals surface area contributed by atoms with Gasteiger partial charge in [0.05, 0.1) is 17.7 Å². The van der Waals surface area contributed by atoms with Gasteiger partial charge in [0, 0.05) is 25.3 Å². The third-order valence-electron chi connectivity index (χ3n) is 2.37. The molecule has 3 nitrogen and oxygen atoms in total. The molecule has 0 bridgehead atoms. The molecule has 0 saturated heterocycles. The van der Waals surface area contributed by atoms with Gasteiger partial charge < -0.3 is 10.1 Å². The Hall–Kier alpha value is -1.44. The fourth-order valence-corrected chi connectivity index (χ4v) is 1.53. The van der Waals surface area contributed by atoms with E-state index in [0.29, 0.717) is 30.8 Å². The molecule has 0 radical (unpaired) electrons. The second-order valence-electron chi connectivity index (χ2n) is 3.81. The Labute approximate surface area is 101 Å². The lowest BCUT2D eigenvalue weighted by molar-refractivity contribution is 0.0759. The molecule has 92 valence electrons. The minimum atomic E-state index is -0.291. The van der Waals surface area contributed by atoms with Crippen molar-refractivity contribution >= 4 is 0 Å². The summed E-state index contributed by atoms with van der Waals surface area (Å²) in [5.41, 5.74) is 0.980. The van der Waals surface area contributed by atoms with E-state index in [-0.39, 0.29) is 11.9 Å². The highest BCUT2D eigenvalue weighted by atomic mass is 19.1. The van der Waals surface area contributed by atoms with E-state index < -0.39 is 0 Å². The van der Waals surface area contributed by atoms with Gasteiger partial charge in [0.15, 0.2) is 0 Å². The first kappa shape index (κ1) is 13.6. The third-order valence-corrected chi connectivity index (χ3v) is 2.37. The number of hydrogen-bond donors (Lipinski definition) is 1. The molecule has 4 heteroatoms. The first-order valence-corrected chi connectivity index (χ1v) is 5.68. The lowest BCUT2D eigenvalue weighted by Crippen LogP contribution is -2.26. The molecule has 0 fully saturated rings. The Morgan fingerprint density at radius 3 is 2.94 bits per heavy atom. The van der Waals surface area contributed by atoms with Gasteiger partial charge in [0.2, 0.25) is 0 Å². The molecular weight excluding hydrogens is 219 g/mol. The molecule has 0 saturated carbocycles. The SMILES string of the molecule is CCOC(C)CNCc1cc(C#N)ccc1F. The summed E-state index contributed by atoms with van der Waals surface area (Å²) in [4.78, 5) is 0. The van der Waals surface area contributed by atoms with Gasteiger partial charge in [-0.3, -0.25) is 0 Å². The molecule has 1 unspecified atom stereocenters. The second kappa shape index (κ2) is 7.00. The molecule has 1 aromatic carbocycles. The number of nitrogens with zero attached hydrogens (tertiary/aromatic N) is 1. The van der Waals surface area contributed by atoms with E-state index in [0.717, 1.165) is 0 Å². The van der Waals surface area contributed by atoms with Gasteiger partial charge in [0.25, 0.3) is 0 Å². The minimum absolute atomic E-state index is 0.0993. The van der Waals surface area contributed by atoms with Crippen LogP contribution in [-0.4, -0.2) is 19.3 Å². The predicted molar refractivity (Wildman–Crippen MR) is 63.9 cm³/mol. The van der Waals surface area contributed by atoms with Crippen LogP contribution in [0.2, 0.25) is 0 Å². The van der Waals surface area contributed by atoms with Crippen LogP contribution in [0.5, 0.6) is 0 Å². The van der Waals surface area contributed by atoms with Crippen molar-refractivity contribution in [1.29, 1.82) is 5.26 Å². The maximum atomic E-state index is 13.4. The van der Waals surface area contributed by atoms with Crippen LogP contribution in [0.4, 0.5) is 4.39 Å².